The van der Waals surface area contributed by atoms with Crippen molar-refractivity contribution in [2.45, 2.75) is 6.54 Å². The standard InChI is InChI=1S/C22H23ClN4O2/c1-29-21-8-7-19(23)13-20(21)25-15-18(14-24)22(28)27-11-9-26(10-12-27)16-17-5-3-2-4-6-17/h2-8,13,15,25H,9-12,16H2,1H3/b18-15-. The molecule has 3 rings (SSSR count). The second kappa shape index (κ2) is 9.97. The van der Waals surface area contributed by atoms with Crippen molar-refractivity contribution in [1.82, 2.24) is 9.80 Å². The largest absolute Gasteiger partial charge is 0.495 e. The van der Waals surface area contributed by atoms with E-state index in [4.69, 9.17) is 16.3 Å². The lowest BCUT2D eigenvalue weighted by atomic mass is 10.2. The van der Waals surface area contributed by atoms with Crippen LogP contribution in [-0.4, -0.2) is 49.0 Å². The van der Waals surface area contributed by atoms with Crippen molar-refractivity contribution in [3.8, 4) is 11.8 Å². The van der Waals surface area contributed by atoms with Crippen LogP contribution in [-0.2, 0) is 11.3 Å². The van der Waals surface area contributed by atoms with Crippen LogP contribution in [0.25, 0.3) is 0 Å². The van der Waals surface area contributed by atoms with E-state index < -0.39 is 0 Å². The summed E-state index contributed by atoms with van der Waals surface area (Å²) in [6.07, 6.45) is 1.41. The minimum atomic E-state index is -0.277. The van der Waals surface area contributed by atoms with Gasteiger partial charge in [-0.3, -0.25) is 9.69 Å². The van der Waals surface area contributed by atoms with Crippen molar-refractivity contribution in [3.05, 3.63) is 70.9 Å². The van der Waals surface area contributed by atoms with Crippen LogP contribution in [0, 0.1) is 11.3 Å². The van der Waals surface area contributed by atoms with Gasteiger partial charge in [-0.15, -0.1) is 0 Å². The van der Waals surface area contributed by atoms with Crippen LogP contribution in [0.4, 0.5) is 5.69 Å². The summed E-state index contributed by atoms with van der Waals surface area (Å²) >= 11 is 6.02. The van der Waals surface area contributed by atoms with Crippen LogP contribution in [0.5, 0.6) is 5.75 Å². The third-order valence-electron chi connectivity index (χ3n) is 4.79. The molecular weight excluding hydrogens is 388 g/mol. The molecule has 0 bridgehead atoms. The van der Waals surface area contributed by atoms with Crippen LogP contribution < -0.4 is 10.1 Å². The molecule has 150 valence electrons. The summed E-state index contributed by atoms with van der Waals surface area (Å²) in [6.45, 7) is 3.58. The highest BCUT2D eigenvalue weighted by atomic mass is 35.5. The zero-order valence-electron chi connectivity index (χ0n) is 16.3. The molecule has 0 atom stereocenters. The van der Waals surface area contributed by atoms with E-state index in [-0.39, 0.29) is 11.5 Å². The first-order chi connectivity index (χ1) is 14.1. The Balaban J connectivity index is 1.60. The molecule has 0 unspecified atom stereocenters. The summed E-state index contributed by atoms with van der Waals surface area (Å²) in [5.41, 5.74) is 1.89. The van der Waals surface area contributed by atoms with E-state index in [0.29, 0.717) is 29.5 Å². The number of benzene rings is 2. The summed E-state index contributed by atoms with van der Waals surface area (Å²) in [5, 5.41) is 13.0. The minimum Gasteiger partial charge on any atom is -0.495 e. The van der Waals surface area contributed by atoms with E-state index in [1.807, 2.05) is 24.3 Å². The Kier molecular flexibility index (Phi) is 7.12. The lowest BCUT2D eigenvalue weighted by molar-refractivity contribution is -0.128. The highest BCUT2D eigenvalue weighted by molar-refractivity contribution is 6.30. The number of methoxy groups -OCH3 is 1. The molecule has 0 spiro atoms. The SMILES string of the molecule is COc1ccc(Cl)cc1N/C=C(/C#N)C(=O)N1CCN(Cc2ccccc2)CC1. The molecule has 0 aromatic heterocycles. The quantitative estimate of drug-likeness (QED) is 0.583. The molecule has 29 heavy (non-hydrogen) atoms. The topological polar surface area (TPSA) is 68.6 Å². The molecule has 0 radical (unpaired) electrons. The Morgan fingerprint density at radius 2 is 1.93 bits per heavy atom. The number of hydrogen-bond donors (Lipinski definition) is 1. The normalized spacial score (nSPS) is 14.9. The first-order valence-electron chi connectivity index (χ1n) is 9.36. The van der Waals surface area contributed by atoms with Crippen LogP contribution >= 0.6 is 11.6 Å². The predicted octanol–water partition coefficient (Wildman–Crippen LogP) is 3.51. The number of anilines is 1. The van der Waals surface area contributed by atoms with Gasteiger partial charge in [-0.1, -0.05) is 41.9 Å². The first-order valence-corrected chi connectivity index (χ1v) is 9.74. The number of hydrogen-bond acceptors (Lipinski definition) is 5. The summed E-state index contributed by atoms with van der Waals surface area (Å²) in [6, 6.07) is 17.4. The number of nitrogens with zero attached hydrogens (tertiary/aromatic N) is 3. The van der Waals surface area contributed by atoms with Crippen LogP contribution in [0.2, 0.25) is 5.02 Å². The highest BCUT2D eigenvalue weighted by Gasteiger charge is 2.23. The Labute approximate surface area is 175 Å². The maximum absolute atomic E-state index is 12.8. The van der Waals surface area contributed by atoms with Gasteiger partial charge >= 0.3 is 0 Å². The molecule has 1 aliphatic rings. The van der Waals surface area contributed by atoms with E-state index in [1.54, 1.807) is 30.2 Å². The Bertz CT molecular complexity index is 916. The molecular formula is C22H23ClN4O2. The predicted molar refractivity (Wildman–Crippen MR) is 114 cm³/mol. The van der Waals surface area contributed by atoms with E-state index in [0.717, 1.165) is 19.6 Å². The number of halogens is 1. The summed E-state index contributed by atoms with van der Waals surface area (Å²) in [7, 11) is 1.55. The van der Waals surface area contributed by atoms with E-state index in [2.05, 4.69) is 22.3 Å². The first kappa shape index (κ1) is 20.7. The lowest BCUT2D eigenvalue weighted by Crippen LogP contribution is -2.48. The number of rotatable bonds is 6. The molecule has 1 aliphatic heterocycles. The van der Waals surface area contributed by atoms with Gasteiger partial charge in [0.1, 0.15) is 17.4 Å². The van der Waals surface area contributed by atoms with Crippen LogP contribution in [0.3, 0.4) is 0 Å². The second-order valence-electron chi connectivity index (χ2n) is 6.71. The van der Waals surface area contributed by atoms with Crippen molar-refractivity contribution >= 4 is 23.2 Å². The summed E-state index contributed by atoms with van der Waals surface area (Å²) in [4.78, 5) is 16.8. The Morgan fingerprint density at radius 3 is 2.59 bits per heavy atom. The monoisotopic (exact) mass is 410 g/mol. The number of nitriles is 1. The van der Waals surface area contributed by atoms with Gasteiger partial charge in [-0.2, -0.15) is 5.26 Å². The molecule has 0 aliphatic carbocycles. The van der Waals surface area contributed by atoms with Gasteiger partial charge in [0.05, 0.1) is 12.8 Å². The number of carbonyl (C=O) groups excluding carboxylic acids is 1. The molecule has 1 fully saturated rings. The molecule has 1 N–H and O–H groups in total. The lowest BCUT2D eigenvalue weighted by Gasteiger charge is -2.34. The maximum Gasteiger partial charge on any atom is 0.266 e. The van der Waals surface area contributed by atoms with E-state index in [9.17, 15) is 10.1 Å². The summed E-state index contributed by atoms with van der Waals surface area (Å²) in [5.74, 6) is 0.297. The van der Waals surface area contributed by atoms with Crippen molar-refractivity contribution in [1.29, 1.82) is 5.26 Å². The Hall–Kier alpha value is -3.01. The third-order valence-corrected chi connectivity index (χ3v) is 5.03. The fourth-order valence-electron chi connectivity index (χ4n) is 3.21. The second-order valence-corrected chi connectivity index (χ2v) is 7.15. The van der Waals surface area contributed by atoms with Gasteiger partial charge in [0.15, 0.2) is 0 Å². The van der Waals surface area contributed by atoms with Crippen molar-refractivity contribution in [2.24, 2.45) is 0 Å². The van der Waals surface area contributed by atoms with Gasteiger partial charge < -0.3 is 15.0 Å². The van der Waals surface area contributed by atoms with Gasteiger partial charge in [0, 0.05) is 43.9 Å². The number of amides is 1. The van der Waals surface area contributed by atoms with Gasteiger partial charge in [0.2, 0.25) is 0 Å². The average Bonchev–Trinajstić information content (AvgIpc) is 2.75. The molecule has 1 amide bonds. The van der Waals surface area contributed by atoms with Crippen LogP contribution in [0.15, 0.2) is 60.3 Å². The van der Waals surface area contributed by atoms with Crippen molar-refractivity contribution < 1.29 is 9.53 Å². The van der Waals surface area contributed by atoms with Crippen LogP contribution in [0.1, 0.15) is 5.56 Å². The molecule has 2 aromatic rings. The molecule has 7 heteroatoms. The fraction of sp³-hybridized carbons (Fsp3) is 0.273. The molecule has 2 aromatic carbocycles. The fourth-order valence-corrected chi connectivity index (χ4v) is 3.38. The number of nitrogens with one attached hydrogen (secondary N) is 1. The minimum absolute atomic E-state index is 0.0449. The third kappa shape index (κ3) is 5.50. The van der Waals surface area contributed by atoms with E-state index in [1.165, 1.54) is 11.8 Å². The molecule has 1 heterocycles. The number of ether oxygens (including phenoxy) is 1. The summed E-state index contributed by atoms with van der Waals surface area (Å²) < 4.78 is 5.27. The van der Waals surface area contributed by atoms with E-state index >= 15 is 0 Å². The Morgan fingerprint density at radius 1 is 1.21 bits per heavy atom. The van der Waals surface area contributed by atoms with Crippen molar-refractivity contribution in [3.63, 3.8) is 0 Å². The van der Waals surface area contributed by atoms with Gasteiger partial charge in [0.25, 0.3) is 5.91 Å². The zero-order chi connectivity index (χ0) is 20.6. The smallest absolute Gasteiger partial charge is 0.266 e. The maximum atomic E-state index is 12.8. The van der Waals surface area contributed by atoms with Gasteiger partial charge in [-0.05, 0) is 23.8 Å². The highest BCUT2D eigenvalue weighted by Crippen LogP contribution is 2.27. The number of carbonyl (C=O) groups is 1. The molecule has 1 saturated heterocycles. The molecule has 6 nitrogen and oxygen atoms in total. The van der Waals surface area contributed by atoms with Gasteiger partial charge in [-0.25, -0.2) is 0 Å². The zero-order valence-corrected chi connectivity index (χ0v) is 17.0. The average molecular weight is 411 g/mol. The van der Waals surface area contributed by atoms with Crippen molar-refractivity contribution in [2.75, 3.05) is 38.6 Å². The molecule has 0 saturated carbocycles. The number of piperazine rings is 1.